The SMILES string of the molecule is C=CCNCC(O)COc1ccsc1-c1ccccc1C(=O)CC. The third kappa shape index (κ3) is 4.77. The van der Waals surface area contributed by atoms with Gasteiger partial charge in [-0.3, -0.25) is 4.79 Å². The number of thiophene rings is 1. The van der Waals surface area contributed by atoms with Crippen molar-refractivity contribution in [1.82, 2.24) is 5.32 Å². The highest BCUT2D eigenvalue weighted by Gasteiger charge is 2.16. The lowest BCUT2D eigenvalue weighted by Gasteiger charge is -2.14. The van der Waals surface area contributed by atoms with Gasteiger partial charge in [0.25, 0.3) is 0 Å². The van der Waals surface area contributed by atoms with Crippen LogP contribution in [0.2, 0.25) is 0 Å². The van der Waals surface area contributed by atoms with Crippen molar-refractivity contribution in [2.24, 2.45) is 0 Å². The van der Waals surface area contributed by atoms with E-state index in [4.69, 9.17) is 4.74 Å². The van der Waals surface area contributed by atoms with Crippen LogP contribution in [0.4, 0.5) is 0 Å². The first-order valence-corrected chi connectivity index (χ1v) is 8.87. The van der Waals surface area contributed by atoms with E-state index in [0.717, 1.165) is 10.4 Å². The van der Waals surface area contributed by atoms with Crippen LogP contribution in [0.15, 0.2) is 48.4 Å². The van der Waals surface area contributed by atoms with Crippen molar-refractivity contribution in [3.05, 3.63) is 53.9 Å². The molecule has 24 heavy (non-hydrogen) atoms. The fourth-order valence-corrected chi connectivity index (χ4v) is 3.19. The molecule has 1 heterocycles. The lowest BCUT2D eigenvalue weighted by atomic mass is 10.0. The third-order valence-electron chi connectivity index (χ3n) is 3.52. The number of ketones is 1. The number of hydrogen-bond acceptors (Lipinski definition) is 5. The summed E-state index contributed by atoms with van der Waals surface area (Å²) in [5, 5.41) is 14.9. The summed E-state index contributed by atoms with van der Waals surface area (Å²) in [7, 11) is 0. The van der Waals surface area contributed by atoms with Crippen LogP contribution in [0.3, 0.4) is 0 Å². The van der Waals surface area contributed by atoms with Gasteiger partial charge >= 0.3 is 0 Å². The van der Waals surface area contributed by atoms with E-state index in [2.05, 4.69) is 11.9 Å². The predicted molar refractivity (Wildman–Crippen MR) is 98.9 cm³/mol. The molecule has 2 N–H and O–H groups in total. The largest absolute Gasteiger partial charge is 0.489 e. The van der Waals surface area contributed by atoms with E-state index in [1.807, 2.05) is 42.6 Å². The van der Waals surface area contributed by atoms with Gasteiger partial charge in [0.05, 0.1) is 4.88 Å². The summed E-state index contributed by atoms with van der Waals surface area (Å²) in [5.41, 5.74) is 1.59. The second kappa shape index (κ2) is 9.37. The molecule has 0 radical (unpaired) electrons. The van der Waals surface area contributed by atoms with Gasteiger partial charge in [-0.05, 0) is 11.4 Å². The van der Waals surface area contributed by atoms with Gasteiger partial charge in [-0.15, -0.1) is 17.9 Å². The molecular formula is C19H23NO3S. The Hall–Kier alpha value is -1.95. The zero-order valence-corrected chi connectivity index (χ0v) is 14.6. The normalized spacial score (nSPS) is 11.9. The number of Topliss-reactive ketones (excluding diaryl/α,β-unsaturated/α-hetero) is 1. The molecule has 0 spiro atoms. The van der Waals surface area contributed by atoms with E-state index in [9.17, 15) is 9.90 Å². The van der Waals surface area contributed by atoms with Crippen LogP contribution in [0.25, 0.3) is 10.4 Å². The quantitative estimate of drug-likeness (QED) is 0.393. The molecule has 0 aliphatic rings. The van der Waals surface area contributed by atoms with Gasteiger partial charge in [0.15, 0.2) is 5.78 Å². The van der Waals surface area contributed by atoms with Crippen molar-refractivity contribution in [2.45, 2.75) is 19.4 Å². The number of ether oxygens (including phenoxy) is 1. The number of aliphatic hydroxyl groups is 1. The molecule has 1 aromatic heterocycles. The van der Waals surface area contributed by atoms with Gasteiger partial charge in [-0.1, -0.05) is 37.3 Å². The molecule has 0 saturated carbocycles. The zero-order chi connectivity index (χ0) is 17.4. The van der Waals surface area contributed by atoms with E-state index in [1.54, 1.807) is 6.08 Å². The van der Waals surface area contributed by atoms with Gasteiger partial charge < -0.3 is 15.2 Å². The predicted octanol–water partition coefficient (Wildman–Crippen LogP) is 3.52. The lowest BCUT2D eigenvalue weighted by Crippen LogP contribution is -2.31. The van der Waals surface area contributed by atoms with Crippen molar-refractivity contribution in [1.29, 1.82) is 0 Å². The van der Waals surface area contributed by atoms with Gasteiger partial charge in [-0.25, -0.2) is 0 Å². The Morgan fingerprint density at radius 2 is 2.21 bits per heavy atom. The topological polar surface area (TPSA) is 58.6 Å². The van der Waals surface area contributed by atoms with Crippen molar-refractivity contribution < 1.29 is 14.6 Å². The van der Waals surface area contributed by atoms with Crippen LogP contribution < -0.4 is 10.1 Å². The first-order chi connectivity index (χ1) is 11.7. The molecule has 0 saturated heterocycles. The van der Waals surface area contributed by atoms with E-state index in [-0.39, 0.29) is 12.4 Å². The Kier molecular flexibility index (Phi) is 7.18. The zero-order valence-electron chi connectivity index (χ0n) is 13.8. The van der Waals surface area contributed by atoms with Crippen LogP contribution in [0, 0.1) is 0 Å². The molecule has 128 valence electrons. The summed E-state index contributed by atoms with van der Waals surface area (Å²) in [6, 6.07) is 9.44. The van der Waals surface area contributed by atoms with Crippen LogP contribution in [-0.2, 0) is 0 Å². The average molecular weight is 345 g/mol. The molecule has 0 bridgehead atoms. The maximum absolute atomic E-state index is 12.2. The van der Waals surface area contributed by atoms with Gasteiger partial charge in [-0.2, -0.15) is 0 Å². The summed E-state index contributed by atoms with van der Waals surface area (Å²) in [5.74, 6) is 0.803. The number of benzene rings is 1. The summed E-state index contributed by atoms with van der Waals surface area (Å²) in [4.78, 5) is 13.1. The minimum absolute atomic E-state index is 0.110. The number of rotatable bonds is 10. The molecular weight excluding hydrogens is 322 g/mol. The molecule has 0 aliphatic carbocycles. The fourth-order valence-electron chi connectivity index (χ4n) is 2.32. The van der Waals surface area contributed by atoms with E-state index >= 15 is 0 Å². The van der Waals surface area contributed by atoms with Crippen LogP contribution in [0.5, 0.6) is 5.75 Å². The minimum atomic E-state index is -0.606. The second-order valence-electron chi connectivity index (χ2n) is 5.35. The molecule has 1 aromatic carbocycles. The Labute approximate surface area is 146 Å². The Morgan fingerprint density at radius 1 is 1.42 bits per heavy atom. The van der Waals surface area contributed by atoms with Gasteiger partial charge in [0, 0.05) is 30.6 Å². The first kappa shape index (κ1) is 18.4. The summed E-state index contributed by atoms with van der Waals surface area (Å²) >= 11 is 1.53. The van der Waals surface area contributed by atoms with Crippen LogP contribution >= 0.6 is 11.3 Å². The van der Waals surface area contributed by atoms with Crippen LogP contribution in [0.1, 0.15) is 23.7 Å². The number of aliphatic hydroxyl groups excluding tert-OH is 1. The molecule has 0 fully saturated rings. The smallest absolute Gasteiger partial charge is 0.163 e. The van der Waals surface area contributed by atoms with Gasteiger partial charge in [0.2, 0.25) is 0 Å². The van der Waals surface area contributed by atoms with Crippen molar-refractivity contribution in [3.63, 3.8) is 0 Å². The Bertz CT molecular complexity index is 681. The summed E-state index contributed by atoms with van der Waals surface area (Å²) < 4.78 is 5.78. The highest BCUT2D eigenvalue weighted by Crippen LogP contribution is 2.37. The van der Waals surface area contributed by atoms with Crippen molar-refractivity contribution in [3.8, 4) is 16.2 Å². The number of nitrogens with one attached hydrogen (secondary N) is 1. The molecule has 4 nitrogen and oxygen atoms in total. The first-order valence-electron chi connectivity index (χ1n) is 8.00. The van der Waals surface area contributed by atoms with Crippen molar-refractivity contribution in [2.75, 3.05) is 19.7 Å². The summed E-state index contributed by atoms with van der Waals surface area (Å²) in [6.45, 7) is 6.76. The molecule has 2 rings (SSSR count). The van der Waals surface area contributed by atoms with Crippen LogP contribution in [-0.4, -0.2) is 36.7 Å². The summed E-state index contributed by atoms with van der Waals surface area (Å²) in [6.07, 6.45) is 1.60. The highest BCUT2D eigenvalue weighted by molar-refractivity contribution is 7.14. The third-order valence-corrected chi connectivity index (χ3v) is 4.45. The average Bonchev–Trinajstić information content (AvgIpc) is 3.08. The second-order valence-corrected chi connectivity index (χ2v) is 6.26. The highest BCUT2D eigenvalue weighted by atomic mass is 32.1. The fraction of sp³-hybridized carbons (Fsp3) is 0.316. The standard InChI is InChI=1S/C19H23NO3S/c1-3-10-20-12-14(21)13-23-18-9-11-24-19(18)16-8-6-5-7-15(16)17(22)4-2/h3,5-9,11,14,20-21H,1,4,10,12-13H2,2H3. The minimum Gasteiger partial charge on any atom is -0.489 e. The number of carbonyl (C=O) groups excluding carboxylic acids is 1. The Morgan fingerprint density at radius 3 is 2.96 bits per heavy atom. The van der Waals surface area contributed by atoms with Gasteiger partial charge in [0.1, 0.15) is 18.5 Å². The number of hydrogen-bond donors (Lipinski definition) is 2. The molecule has 2 aromatic rings. The lowest BCUT2D eigenvalue weighted by molar-refractivity contribution is 0.0988. The maximum Gasteiger partial charge on any atom is 0.163 e. The maximum atomic E-state index is 12.2. The molecule has 0 aliphatic heterocycles. The Balaban J connectivity index is 2.11. The van der Waals surface area contributed by atoms with E-state index in [1.165, 1.54) is 11.3 Å². The molecule has 0 amide bonds. The number of carbonyl (C=O) groups is 1. The van der Waals surface area contributed by atoms with Crippen molar-refractivity contribution >= 4 is 17.1 Å². The molecule has 1 unspecified atom stereocenters. The molecule has 5 heteroatoms. The monoisotopic (exact) mass is 345 g/mol. The van der Waals surface area contributed by atoms with E-state index < -0.39 is 6.10 Å². The van der Waals surface area contributed by atoms with E-state index in [0.29, 0.717) is 30.8 Å². The molecule has 1 atom stereocenters.